The van der Waals surface area contributed by atoms with Crippen molar-refractivity contribution in [3.63, 3.8) is 0 Å². The fourth-order valence-electron chi connectivity index (χ4n) is 3.52. The maximum Gasteiger partial charge on any atom is 0.312 e. The average molecular weight is 371 g/mol. The molecule has 1 aliphatic heterocycles. The molecule has 0 radical (unpaired) electrons. The minimum atomic E-state index is -0.490. The second-order valence-corrected chi connectivity index (χ2v) is 6.88. The van der Waals surface area contributed by atoms with E-state index in [9.17, 15) is 9.59 Å². The Hall–Kier alpha value is -3.40. The molecule has 0 saturated carbocycles. The average Bonchev–Trinajstić information content (AvgIpc) is 3.15. The monoisotopic (exact) mass is 371 g/mol. The number of hydrogen-bond donors (Lipinski definition) is 0. The molecule has 4 heteroatoms. The predicted molar refractivity (Wildman–Crippen MR) is 108 cm³/mol. The van der Waals surface area contributed by atoms with Crippen molar-refractivity contribution < 1.29 is 14.3 Å². The lowest BCUT2D eigenvalue weighted by Crippen LogP contribution is -2.27. The molecule has 3 aromatic carbocycles. The first-order chi connectivity index (χ1) is 13.7. The summed E-state index contributed by atoms with van der Waals surface area (Å²) in [5, 5.41) is 0. The van der Waals surface area contributed by atoms with E-state index in [1.807, 2.05) is 91.0 Å². The molecule has 3 aromatic rings. The summed E-state index contributed by atoms with van der Waals surface area (Å²) in [4.78, 5) is 27.0. The number of hydrogen-bond acceptors (Lipinski definition) is 3. The van der Waals surface area contributed by atoms with Gasteiger partial charge >= 0.3 is 5.97 Å². The lowest BCUT2D eigenvalue weighted by atomic mass is 10.0. The number of nitrogens with zero attached hydrogens (tertiary/aromatic N) is 1. The topological polar surface area (TPSA) is 46.6 Å². The minimum Gasteiger partial charge on any atom is -0.452 e. The van der Waals surface area contributed by atoms with Gasteiger partial charge in [-0.2, -0.15) is 0 Å². The Morgan fingerprint density at radius 3 is 1.86 bits per heavy atom. The van der Waals surface area contributed by atoms with Crippen molar-refractivity contribution in [3.05, 3.63) is 102 Å². The Bertz CT molecular complexity index is 902. The van der Waals surface area contributed by atoms with Crippen molar-refractivity contribution in [2.75, 3.05) is 11.4 Å². The molecule has 0 bridgehead atoms. The Balaban J connectivity index is 1.53. The second kappa shape index (κ2) is 8.09. The molecule has 140 valence electrons. The van der Waals surface area contributed by atoms with Gasteiger partial charge in [0, 0.05) is 18.7 Å². The van der Waals surface area contributed by atoms with Gasteiger partial charge in [-0.15, -0.1) is 0 Å². The number of carbonyl (C=O) groups excluding carboxylic acids is 2. The predicted octanol–water partition coefficient (Wildman–Crippen LogP) is 4.37. The van der Waals surface area contributed by atoms with Gasteiger partial charge in [0.2, 0.25) is 5.91 Å². The molecule has 1 atom stereocenters. The van der Waals surface area contributed by atoms with Gasteiger partial charge in [0.1, 0.15) is 0 Å². The fourth-order valence-corrected chi connectivity index (χ4v) is 3.52. The van der Waals surface area contributed by atoms with E-state index >= 15 is 0 Å². The van der Waals surface area contributed by atoms with Gasteiger partial charge in [-0.3, -0.25) is 9.59 Å². The molecule has 0 aliphatic carbocycles. The van der Waals surface area contributed by atoms with Crippen LogP contribution in [0.4, 0.5) is 5.69 Å². The van der Waals surface area contributed by atoms with E-state index in [0.717, 1.165) is 16.8 Å². The zero-order chi connectivity index (χ0) is 19.3. The molecule has 1 saturated heterocycles. The van der Waals surface area contributed by atoms with Gasteiger partial charge in [0.05, 0.1) is 5.92 Å². The molecule has 28 heavy (non-hydrogen) atoms. The summed E-state index contributed by atoms with van der Waals surface area (Å²) in [6.45, 7) is 0.345. The van der Waals surface area contributed by atoms with Gasteiger partial charge in [-0.1, -0.05) is 78.9 Å². The highest BCUT2D eigenvalue weighted by Gasteiger charge is 2.37. The van der Waals surface area contributed by atoms with Gasteiger partial charge in [-0.05, 0) is 23.3 Å². The summed E-state index contributed by atoms with van der Waals surface area (Å²) in [5.41, 5.74) is 2.63. The van der Waals surface area contributed by atoms with Crippen LogP contribution in [0.15, 0.2) is 91.0 Å². The number of ether oxygens (including phenoxy) is 1. The van der Waals surface area contributed by atoms with E-state index in [0.29, 0.717) is 6.54 Å². The highest BCUT2D eigenvalue weighted by atomic mass is 16.5. The molecule has 4 rings (SSSR count). The number of rotatable bonds is 5. The molecule has 1 amide bonds. The number of anilines is 1. The Labute approximate surface area is 164 Å². The van der Waals surface area contributed by atoms with Crippen LogP contribution in [0.5, 0.6) is 0 Å². The molecule has 0 N–H and O–H groups in total. The van der Waals surface area contributed by atoms with Crippen molar-refractivity contribution in [3.8, 4) is 0 Å². The van der Waals surface area contributed by atoms with Crippen LogP contribution in [0.1, 0.15) is 23.7 Å². The molecule has 1 heterocycles. The summed E-state index contributed by atoms with van der Waals surface area (Å²) in [7, 11) is 0. The van der Waals surface area contributed by atoms with E-state index in [1.165, 1.54) is 0 Å². The highest BCUT2D eigenvalue weighted by molar-refractivity contribution is 5.99. The second-order valence-electron chi connectivity index (χ2n) is 6.88. The van der Waals surface area contributed by atoms with Gasteiger partial charge in [-0.25, -0.2) is 0 Å². The van der Waals surface area contributed by atoms with Crippen LogP contribution in [-0.2, 0) is 14.3 Å². The van der Waals surface area contributed by atoms with Crippen molar-refractivity contribution in [2.45, 2.75) is 12.5 Å². The first-order valence-corrected chi connectivity index (χ1v) is 9.38. The van der Waals surface area contributed by atoms with E-state index < -0.39 is 12.0 Å². The van der Waals surface area contributed by atoms with E-state index in [2.05, 4.69) is 0 Å². The lowest BCUT2D eigenvalue weighted by molar-refractivity contribution is -0.152. The van der Waals surface area contributed by atoms with Crippen molar-refractivity contribution in [1.29, 1.82) is 0 Å². The van der Waals surface area contributed by atoms with E-state index in [-0.39, 0.29) is 18.3 Å². The number of para-hydroxylation sites is 1. The fraction of sp³-hybridized carbons (Fsp3) is 0.167. The van der Waals surface area contributed by atoms with Crippen LogP contribution < -0.4 is 4.90 Å². The number of benzene rings is 3. The quantitative estimate of drug-likeness (QED) is 0.626. The molecular formula is C24H21NO3. The van der Waals surface area contributed by atoms with Crippen LogP contribution in [-0.4, -0.2) is 18.4 Å². The first-order valence-electron chi connectivity index (χ1n) is 9.38. The standard InChI is InChI=1S/C24H21NO3/c26-22-16-20(17-25(22)21-14-8-3-9-15-21)24(27)28-23(18-10-4-1-5-11-18)19-12-6-2-7-13-19/h1-15,20,23H,16-17H2/t20-/m0/s1. The van der Waals surface area contributed by atoms with E-state index in [1.54, 1.807) is 4.90 Å². The molecule has 0 aromatic heterocycles. The maximum atomic E-state index is 12.9. The lowest BCUT2D eigenvalue weighted by Gasteiger charge is -2.21. The van der Waals surface area contributed by atoms with Crippen molar-refractivity contribution in [2.24, 2.45) is 5.92 Å². The molecule has 4 nitrogen and oxygen atoms in total. The molecule has 0 spiro atoms. The molecular weight excluding hydrogens is 350 g/mol. The summed E-state index contributed by atoms with van der Waals surface area (Å²) >= 11 is 0. The summed E-state index contributed by atoms with van der Waals surface area (Å²) in [6.07, 6.45) is -0.319. The summed E-state index contributed by atoms with van der Waals surface area (Å²) in [5.74, 6) is -0.865. The maximum absolute atomic E-state index is 12.9. The largest absolute Gasteiger partial charge is 0.452 e. The van der Waals surface area contributed by atoms with Gasteiger partial charge in [0.15, 0.2) is 6.10 Å². The zero-order valence-corrected chi connectivity index (χ0v) is 15.4. The highest BCUT2D eigenvalue weighted by Crippen LogP contribution is 2.30. The Morgan fingerprint density at radius 1 is 0.821 bits per heavy atom. The summed E-state index contributed by atoms with van der Waals surface area (Å²) in [6, 6.07) is 28.8. The van der Waals surface area contributed by atoms with Crippen molar-refractivity contribution in [1.82, 2.24) is 0 Å². The third kappa shape index (κ3) is 3.81. The van der Waals surface area contributed by atoms with Crippen LogP contribution in [0.25, 0.3) is 0 Å². The third-order valence-electron chi connectivity index (χ3n) is 4.96. The Kier molecular flexibility index (Phi) is 5.20. The molecule has 1 fully saturated rings. The van der Waals surface area contributed by atoms with E-state index in [4.69, 9.17) is 4.74 Å². The van der Waals surface area contributed by atoms with Crippen molar-refractivity contribution >= 4 is 17.6 Å². The number of esters is 1. The van der Waals surface area contributed by atoms with Gasteiger partial charge < -0.3 is 9.64 Å². The minimum absolute atomic E-state index is 0.0517. The van der Waals surface area contributed by atoms with Crippen LogP contribution in [0.3, 0.4) is 0 Å². The molecule has 0 unspecified atom stereocenters. The first kappa shape index (κ1) is 18.0. The zero-order valence-electron chi connectivity index (χ0n) is 15.4. The number of amides is 1. The SMILES string of the molecule is O=C(OC(c1ccccc1)c1ccccc1)[C@H]1CC(=O)N(c2ccccc2)C1. The third-order valence-corrected chi connectivity index (χ3v) is 4.96. The van der Waals surface area contributed by atoms with Crippen LogP contribution in [0, 0.1) is 5.92 Å². The van der Waals surface area contributed by atoms with Gasteiger partial charge in [0.25, 0.3) is 0 Å². The normalized spacial score (nSPS) is 16.4. The smallest absolute Gasteiger partial charge is 0.312 e. The summed E-state index contributed by atoms with van der Waals surface area (Å²) < 4.78 is 5.92. The Morgan fingerprint density at radius 2 is 1.32 bits per heavy atom. The van der Waals surface area contributed by atoms with Crippen LogP contribution >= 0.6 is 0 Å². The molecule has 1 aliphatic rings. The number of carbonyl (C=O) groups is 2. The van der Waals surface area contributed by atoms with Crippen LogP contribution in [0.2, 0.25) is 0 Å².